The van der Waals surface area contributed by atoms with Crippen LogP contribution in [0.15, 0.2) is 72.9 Å². The molecule has 0 spiro atoms. The molecule has 12 nitrogen and oxygen atoms in total. The molecular weight excluding hydrogens is 585 g/mol. The number of aromatic nitrogens is 1. The summed E-state index contributed by atoms with van der Waals surface area (Å²) >= 11 is 0. The third-order valence-corrected chi connectivity index (χ3v) is 7.39. The van der Waals surface area contributed by atoms with E-state index in [2.05, 4.69) is 10.3 Å². The molecule has 1 aliphatic rings. The number of anilines is 2. The Morgan fingerprint density at radius 3 is 2.31 bits per heavy atom. The van der Waals surface area contributed by atoms with Gasteiger partial charge in [-0.05, 0) is 86.5 Å². The van der Waals surface area contributed by atoms with Crippen LogP contribution in [0.2, 0.25) is 0 Å². The summed E-state index contributed by atoms with van der Waals surface area (Å²) in [6.45, 7) is 0.800. The molecule has 1 heterocycles. The van der Waals surface area contributed by atoms with Crippen LogP contribution >= 0.6 is 0 Å². The van der Waals surface area contributed by atoms with Gasteiger partial charge in [-0.3, -0.25) is 29.5 Å². The number of pyridine rings is 1. The predicted octanol–water partition coefficient (Wildman–Crippen LogP) is 3.97. The number of hydrogen-bond donors (Lipinski definition) is 4. The number of amides is 3. The van der Waals surface area contributed by atoms with E-state index in [1.807, 2.05) is 0 Å². The highest BCUT2D eigenvalue weighted by Crippen LogP contribution is 2.49. The molecule has 4 aromatic rings. The van der Waals surface area contributed by atoms with Gasteiger partial charge in [-0.2, -0.15) is 0 Å². The van der Waals surface area contributed by atoms with Crippen molar-refractivity contribution in [1.29, 1.82) is 0 Å². The Morgan fingerprint density at radius 1 is 1.00 bits per heavy atom. The topological polar surface area (TPSA) is 165 Å². The highest BCUT2D eigenvalue weighted by atomic mass is 19.1. The van der Waals surface area contributed by atoms with Gasteiger partial charge in [0, 0.05) is 29.0 Å². The summed E-state index contributed by atoms with van der Waals surface area (Å²) in [6.07, 6.45) is 2.90. The van der Waals surface area contributed by atoms with Crippen molar-refractivity contribution in [2.75, 3.05) is 31.7 Å². The minimum atomic E-state index is -1.28. The number of hydroxylamine groups is 1. The molecule has 0 saturated heterocycles. The maximum absolute atomic E-state index is 13.7. The van der Waals surface area contributed by atoms with Gasteiger partial charge in [0.2, 0.25) is 11.8 Å². The van der Waals surface area contributed by atoms with Gasteiger partial charge in [-0.15, -0.1) is 0 Å². The maximum atomic E-state index is 13.7. The van der Waals surface area contributed by atoms with Crippen molar-refractivity contribution in [2.45, 2.75) is 19.3 Å². The number of halogens is 1. The van der Waals surface area contributed by atoms with E-state index in [0.29, 0.717) is 77.7 Å². The van der Waals surface area contributed by atoms with Gasteiger partial charge in [-0.25, -0.2) is 9.87 Å². The summed E-state index contributed by atoms with van der Waals surface area (Å²) in [5.74, 6) is -0.226. The first-order valence-electron chi connectivity index (χ1n) is 14.2. The summed E-state index contributed by atoms with van der Waals surface area (Å²) in [5.41, 5.74) is 7.32. The van der Waals surface area contributed by atoms with Gasteiger partial charge in [0.1, 0.15) is 22.7 Å². The molecule has 5 rings (SSSR count). The summed E-state index contributed by atoms with van der Waals surface area (Å²) in [5, 5.41) is 12.1. The number of hydrogen-bond acceptors (Lipinski definition) is 9. The Labute approximate surface area is 257 Å². The van der Waals surface area contributed by atoms with E-state index in [4.69, 9.17) is 25.2 Å². The van der Waals surface area contributed by atoms with Crippen molar-refractivity contribution in [3.05, 3.63) is 78.7 Å². The fourth-order valence-electron chi connectivity index (χ4n) is 4.78. The zero-order chi connectivity index (χ0) is 32.0. The molecule has 1 saturated carbocycles. The predicted molar refractivity (Wildman–Crippen MR) is 162 cm³/mol. The Morgan fingerprint density at radius 2 is 1.69 bits per heavy atom. The number of benzene rings is 3. The van der Waals surface area contributed by atoms with E-state index in [1.165, 1.54) is 36.3 Å². The van der Waals surface area contributed by atoms with Crippen molar-refractivity contribution in [3.63, 3.8) is 0 Å². The van der Waals surface area contributed by atoms with E-state index in [0.717, 1.165) is 0 Å². The molecule has 1 fully saturated rings. The summed E-state index contributed by atoms with van der Waals surface area (Å²) in [6, 6.07) is 17.4. The Balaban J connectivity index is 1.35. The van der Waals surface area contributed by atoms with Crippen LogP contribution in [-0.2, 0) is 14.4 Å². The van der Waals surface area contributed by atoms with E-state index in [-0.39, 0.29) is 6.54 Å². The van der Waals surface area contributed by atoms with Crippen LogP contribution in [0.3, 0.4) is 0 Å². The van der Waals surface area contributed by atoms with Crippen LogP contribution < -0.4 is 35.6 Å². The molecule has 13 heteroatoms. The van der Waals surface area contributed by atoms with Gasteiger partial charge in [0.15, 0.2) is 11.5 Å². The molecule has 234 valence electrons. The van der Waals surface area contributed by atoms with Crippen LogP contribution in [0, 0.1) is 11.2 Å². The average Bonchev–Trinajstić information content (AvgIpc) is 3.87. The molecule has 5 N–H and O–H groups in total. The first-order chi connectivity index (χ1) is 21.8. The zero-order valence-corrected chi connectivity index (χ0v) is 24.4. The van der Waals surface area contributed by atoms with E-state index in [9.17, 15) is 18.8 Å². The average molecular weight is 618 g/mol. The lowest BCUT2D eigenvalue weighted by Crippen LogP contribution is -2.41. The molecule has 3 aromatic carbocycles. The number of nitrogens with one attached hydrogen (secondary N) is 2. The van der Waals surface area contributed by atoms with Crippen molar-refractivity contribution in [1.82, 2.24) is 15.8 Å². The van der Waals surface area contributed by atoms with E-state index in [1.54, 1.807) is 54.1 Å². The van der Waals surface area contributed by atoms with Crippen molar-refractivity contribution in [2.24, 2.45) is 11.1 Å². The monoisotopic (exact) mass is 617 g/mol. The number of nitrogens with two attached hydrogens (primary N) is 1. The highest BCUT2D eigenvalue weighted by Gasteiger charge is 2.57. The minimum absolute atomic E-state index is 0.0160. The van der Waals surface area contributed by atoms with Gasteiger partial charge < -0.3 is 25.3 Å². The SMILES string of the molecule is COc1cc2nccc(Oc3ccc(N(C(=O)C4(C(N)=O)CC4)c4ccc(F)cc4)cc3)c2cc1OCCCNCC(=O)NO. The molecular formula is C32H32FN5O7. The number of fused-ring (bicyclic) bond motifs is 1. The summed E-state index contributed by atoms with van der Waals surface area (Å²) in [4.78, 5) is 42.6. The number of ether oxygens (including phenoxy) is 3. The van der Waals surface area contributed by atoms with Crippen LogP contribution in [0.4, 0.5) is 15.8 Å². The van der Waals surface area contributed by atoms with Gasteiger partial charge in [-0.1, -0.05) is 0 Å². The zero-order valence-electron chi connectivity index (χ0n) is 24.4. The second-order valence-electron chi connectivity index (χ2n) is 10.4. The second-order valence-corrected chi connectivity index (χ2v) is 10.4. The number of primary amides is 1. The highest BCUT2D eigenvalue weighted by molar-refractivity contribution is 6.16. The van der Waals surface area contributed by atoms with Crippen molar-refractivity contribution < 1.29 is 38.2 Å². The summed E-state index contributed by atoms with van der Waals surface area (Å²) < 4.78 is 31.3. The molecule has 0 bridgehead atoms. The normalized spacial score (nSPS) is 13.1. The fourth-order valence-corrected chi connectivity index (χ4v) is 4.78. The van der Waals surface area contributed by atoms with Crippen molar-refractivity contribution in [3.8, 4) is 23.0 Å². The molecule has 3 amide bonds. The molecule has 0 radical (unpaired) electrons. The van der Waals surface area contributed by atoms with Crippen LogP contribution in [0.25, 0.3) is 10.9 Å². The van der Waals surface area contributed by atoms with Crippen LogP contribution in [0.5, 0.6) is 23.0 Å². The first kappa shape index (κ1) is 31.2. The van der Waals surface area contributed by atoms with Gasteiger partial charge >= 0.3 is 0 Å². The molecule has 0 unspecified atom stereocenters. The second kappa shape index (κ2) is 13.6. The smallest absolute Gasteiger partial charge is 0.257 e. The van der Waals surface area contributed by atoms with Gasteiger partial charge in [0.05, 0.1) is 25.8 Å². The Kier molecular flexibility index (Phi) is 9.40. The van der Waals surface area contributed by atoms with E-state index >= 15 is 0 Å². The third-order valence-electron chi connectivity index (χ3n) is 7.39. The number of methoxy groups -OCH3 is 1. The number of nitrogens with zero attached hydrogens (tertiary/aromatic N) is 2. The quantitative estimate of drug-likeness (QED) is 0.0709. The number of carbonyl (C=O) groups excluding carboxylic acids is 3. The number of carbonyl (C=O) groups is 3. The lowest BCUT2D eigenvalue weighted by molar-refractivity contribution is -0.133. The van der Waals surface area contributed by atoms with Crippen LogP contribution in [0.1, 0.15) is 19.3 Å². The van der Waals surface area contributed by atoms with Gasteiger partial charge in [0.25, 0.3) is 5.91 Å². The lowest BCUT2D eigenvalue weighted by Gasteiger charge is -2.26. The Bertz CT molecular complexity index is 1700. The molecule has 1 aromatic heterocycles. The first-order valence-corrected chi connectivity index (χ1v) is 14.2. The maximum Gasteiger partial charge on any atom is 0.257 e. The van der Waals surface area contributed by atoms with E-state index < -0.39 is 29.0 Å². The molecule has 0 aliphatic heterocycles. The lowest BCUT2D eigenvalue weighted by atomic mass is 10.0. The minimum Gasteiger partial charge on any atom is -0.493 e. The molecule has 0 atom stereocenters. The number of rotatable bonds is 14. The fraction of sp³-hybridized carbons (Fsp3) is 0.250. The van der Waals surface area contributed by atoms with Crippen molar-refractivity contribution >= 4 is 40.0 Å². The summed E-state index contributed by atoms with van der Waals surface area (Å²) in [7, 11) is 1.53. The Hall–Kier alpha value is -5.27. The third kappa shape index (κ3) is 6.95. The standard InChI is InChI=1S/C32H32FN5O7/c1-43-27-18-25-24(17-28(27)44-16-2-14-35-19-29(39)37-42)26(11-15-36-25)45-23-9-7-22(8-10-23)38(21-5-3-20(33)4-6-21)31(41)32(12-13-32)30(34)40/h3-11,15,17-18,35,42H,2,12-14,16,19H2,1H3,(H2,34,40)(H,37,39). The largest absolute Gasteiger partial charge is 0.493 e. The molecule has 1 aliphatic carbocycles. The van der Waals surface area contributed by atoms with Crippen LogP contribution in [-0.4, -0.2) is 54.7 Å². The molecule has 45 heavy (non-hydrogen) atoms.